The van der Waals surface area contributed by atoms with Crippen LogP contribution < -0.4 is 20.6 Å². The van der Waals surface area contributed by atoms with Gasteiger partial charge in [0.1, 0.15) is 0 Å². The van der Waals surface area contributed by atoms with Crippen molar-refractivity contribution in [3.05, 3.63) is 47.1 Å². The van der Waals surface area contributed by atoms with E-state index >= 15 is 0 Å². The van der Waals surface area contributed by atoms with Gasteiger partial charge in [-0.15, -0.1) is 0 Å². The zero-order valence-electron chi connectivity index (χ0n) is 16.7. The number of nitrogens with one attached hydrogen (secondary N) is 1. The zero-order chi connectivity index (χ0) is 20.8. The Balaban J connectivity index is 1.87. The maximum atomic E-state index is 12.3. The molecule has 0 aromatic heterocycles. The molecule has 0 radical (unpaired) electrons. The summed E-state index contributed by atoms with van der Waals surface area (Å²) in [4.78, 5) is 25.2. The molecule has 8 nitrogen and oxygen atoms in total. The fourth-order valence-corrected chi connectivity index (χ4v) is 4.75. The molecule has 1 atom stereocenters. The molecule has 3 amide bonds. The first-order valence-corrected chi connectivity index (χ1v) is 9.47. The number of carbonyl (C=O) groups is 2. The largest absolute Gasteiger partial charge is 0.493 e. The molecule has 0 fully saturated rings. The van der Waals surface area contributed by atoms with Crippen molar-refractivity contribution >= 4 is 17.6 Å². The fraction of sp³-hybridized carbons (Fsp3) is 0.381. The molecule has 3 aliphatic rings. The van der Waals surface area contributed by atoms with E-state index in [-0.39, 0.29) is 11.9 Å². The number of carbonyl (C=O) groups excluding carboxylic acids is 2. The third-order valence-corrected chi connectivity index (χ3v) is 5.93. The number of benzene rings is 1. The molecule has 2 aliphatic carbocycles. The van der Waals surface area contributed by atoms with Crippen molar-refractivity contribution in [2.45, 2.75) is 31.2 Å². The van der Waals surface area contributed by atoms with Gasteiger partial charge in [0, 0.05) is 24.4 Å². The Morgan fingerprint density at radius 1 is 1.28 bits per heavy atom. The lowest BCUT2D eigenvalue weighted by Gasteiger charge is -2.35. The highest BCUT2D eigenvalue weighted by Gasteiger charge is 2.49. The normalized spacial score (nSPS) is 23.8. The number of hydrogen-bond donors (Lipinski definition) is 2. The fourth-order valence-electron chi connectivity index (χ4n) is 4.75. The monoisotopic (exact) mass is 396 g/mol. The third kappa shape index (κ3) is 2.95. The van der Waals surface area contributed by atoms with Crippen LogP contribution in [0.25, 0.3) is 0 Å². The molecule has 3 N–H and O–H groups in total. The van der Waals surface area contributed by atoms with Crippen LogP contribution in [0.2, 0.25) is 0 Å². The number of ether oxygens (including phenoxy) is 2. The van der Waals surface area contributed by atoms with E-state index in [1.165, 1.54) is 5.56 Å². The molecule has 0 saturated heterocycles. The van der Waals surface area contributed by atoms with Crippen LogP contribution in [-0.4, -0.2) is 43.3 Å². The van der Waals surface area contributed by atoms with Crippen LogP contribution in [0.1, 0.15) is 36.1 Å². The number of hydrazone groups is 1. The summed E-state index contributed by atoms with van der Waals surface area (Å²) in [5.41, 5.74) is 10.8. The number of hydrogen-bond acceptors (Lipinski definition) is 5. The molecular formula is C21H24N4O4. The van der Waals surface area contributed by atoms with Crippen molar-refractivity contribution in [1.82, 2.24) is 10.3 Å². The zero-order valence-corrected chi connectivity index (χ0v) is 16.7. The van der Waals surface area contributed by atoms with Crippen molar-refractivity contribution in [3.8, 4) is 11.5 Å². The summed E-state index contributed by atoms with van der Waals surface area (Å²) in [5, 5.41) is 3.98. The smallest absolute Gasteiger partial charge is 0.332 e. The van der Waals surface area contributed by atoms with Gasteiger partial charge in [-0.2, -0.15) is 5.10 Å². The van der Waals surface area contributed by atoms with E-state index in [4.69, 9.17) is 15.2 Å². The topological polar surface area (TPSA) is 106 Å². The Morgan fingerprint density at radius 2 is 2.00 bits per heavy atom. The lowest BCUT2D eigenvalue weighted by Crippen LogP contribution is -2.38. The van der Waals surface area contributed by atoms with Crippen LogP contribution in [0.4, 0.5) is 4.79 Å². The van der Waals surface area contributed by atoms with Crippen LogP contribution in [-0.2, 0) is 16.6 Å². The van der Waals surface area contributed by atoms with E-state index < -0.39 is 11.4 Å². The number of urea groups is 1. The molecule has 1 aromatic carbocycles. The Hall–Kier alpha value is -3.29. The van der Waals surface area contributed by atoms with E-state index in [0.29, 0.717) is 30.2 Å². The van der Waals surface area contributed by atoms with Crippen molar-refractivity contribution in [2.24, 2.45) is 10.8 Å². The molecule has 1 aliphatic heterocycles. The summed E-state index contributed by atoms with van der Waals surface area (Å²) in [6, 6.07) is 1.29. The van der Waals surface area contributed by atoms with Crippen LogP contribution in [0, 0.1) is 0 Å². The highest BCUT2D eigenvalue weighted by atomic mass is 16.5. The maximum absolute atomic E-state index is 12.3. The first-order chi connectivity index (χ1) is 13.9. The van der Waals surface area contributed by atoms with E-state index in [9.17, 15) is 9.59 Å². The second-order valence-corrected chi connectivity index (χ2v) is 7.46. The molecule has 1 heterocycles. The molecular weight excluding hydrogens is 372 g/mol. The number of rotatable bonds is 3. The van der Waals surface area contributed by atoms with Crippen molar-refractivity contribution in [3.63, 3.8) is 0 Å². The molecule has 1 aromatic rings. The molecule has 1 spiro atoms. The predicted molar refractivity (Wildman–Crippen MR) is 108 cm³/mol. The third-order valence-electron chi connectivity index (χ3n) is 5.93. The van der Waals surface area contributed by atoms with Gasteiger partial charge in [-0.25, -0.2) is 10.2 Å². The minimum Gasteiger partial charge on any atom is -0.493 e. The molecule has 8 heteroatoms. The van der Waals surface area contributed by atoms with E-state index in [0.717, 1.165) is 17.5 Å². The van der Waals surface area contributed by atoms with Gasteiger partial charge >= 0.3 is 6.03 Å². The first-order valence-electron chi connectivity index (χ1n) is 9.47. The number of allylic oxidation sites excluding steroid dienone is 4. The van der Waals surface area contributed by atoms with Crippen molar-refractivity contribution in [2.75, 3.05) is 20.8 Å². The second-order valence-electron chi connectivity index (χ2n) is 7.46. The molecule has 0 bridgehead atoms. The summed E-state index contributed by atoms with van der Waals surface area (Å²) in [7, 11) is 3.26. The number of amides is 3. The van der Waals surface area contributed by atoms with Crippen LogP contribution in [0.3, 0.4) is 0 Å². The quantitative estimate of drug-likeness (QED) is 0.762. The number of nitrogens with zero attached hydrogens (tertiary/aromatic N) is 2. The van der Waals surface area contributed by atoms with Gasteiger partial charge in [0.15, 0.2) is 11.5 Å². The molecule has 29 heavy (non-hydrogen) atoms. The second kappa shape index (κ2) is 6.95. The first kappa shape index (κ1) is 19.0. The number of primary amides is 1. The average molecular weight is 396 g/mol. The lowest BCUT2D eigenvalue weighted by molar-refractivity contribution is -0.131. The summed E-state index contributed by atoms with van der Waals surface area (Å²) >= 11 is 0. The van der Waals surface area contributed by atoms with Crippen molar-refractivity contribution < 1.29 is 19.1 Å². The lowest BCUT2D eigenvalue weighted by atomic mass is 9.77. The van der Waals surface area contributed by atoms with Gasteiger partial charge in [-0.3, -0.25) is 4.79 Å². The van der Waals surface area contributed by atoms with Crippen LogP contribution >= 0.6 is 0 Å². The summed E-state index contributed by atoms with van der Waals surface area (Å²) < 4.78 is 11.4. The summed E-state index contributed by atoms with van der Waals surface area (Å²) in [6.07, 6.45) is 9.26. The standard InChI is InChI=1S/C21H24N4O4/c1-12(26)25-9-6-13-10-16(28-2)19(29-3)18-17(13)15(25)11-21(18)7-4-14(5-8-21)23-24-20(22)27/h4-5,7-8,10,15H,6,9,11H2,1-3H3,(H3,22,24,27)/t15-,21?/m1/s1. The van der Waals surface area contributed by atoms with Gasteiger partial charge in [0.2, 0.25) is 5.91 Å². The summed E-state index contributed by atoms with van der Waals surface area (Å²) in [6.45, 7) is 2.30. The van der Waals surface area contributed by atoms with Gasteiger partial charge in [-0.05, 0) is 42.2 Å². The molecule has 0 unspecified atom stereocenters. The minimum absolute atomic E-state index is 0.0254. The SMILES string of the molecule is COc1cc2c3c(c1OC)C1(C=CC(=NNC(N)=O)C=C1)C[C@H]3N(C(C)=O)CC2. The van der Waals surface area contributed by atoms with E-state index in [1.54, 1.807) is 21.1 Å². The van der Waals surface area contributed by atoms with Gasteiger partial charge in [0.05, 0.1) is 26.0 Å². The molecule has 0 saturated carbocycles. The highest BCUT2D eigenvalue weighted by Crippen LogP contribution is 2.58. The van der Waals surface area contributed by atoms with E-state index in [2.05, 4.69) is 10.5 Å². The number of methoxy groups -OCH3 is 2. The maximum Gasteiger partial charge on any atom is 0.332 e. The number of fused-ring (bicyclic) bond motifs is 1. The van der Waals surface area contributed by atoms with E-state index in [1.807, 2.05) is 35.3 Å². The van der Waals surface area contributed by atoms with Gasteiger partial charge in [0.25, 0.3) is 0 Å². The minimum atomic E-state index is -0.718. The Morgan fingerprint density at radius 3 is 2.59 bits per heavy atom. The predicted octanol–water partition coefficient (Wildman–Crippen LogP) is 1.94. The highest BCUT2D eigenvalue weighted by molar-refractivity contribution is 6.06. The van der Waals surface area contributed by atoms with Crippen molar-refractivity contribution in [1.29, 1.82) is 0 Å². The molecule has 4 rings (SSSR count). The van der Waals surface area contributed by atoms with Gasteiger partial charge < -0.3 is 20.1 Å². The Labute approximate surface area is 169 Å². The Bertz CT molecular complexity index is 963. The van der Waals surface area contributed by atoms with Gasteiger partial charge in [-0.1, -0.05) is 12.2 Å². The van der Waals surface area contributed by atoms with Crippen LogP contribution in [0.15, 0.2) is 35.5 Å². The molecule has 152 valence electrons. The average Bonchev–Trinajstić information content (AvgIpc) is 3.03. The van der Waals surface area contributed by atoms with Crippen LogP contribution in [0.5, 0.6) is 11.5 Å². The summed E-state index contributed by atoms with van der Waals surface area (Å²) in [5.74, 6) is 1.44. The number of nitrogens with two attached hydrogens (primary N) is 1. The Kier molecular flexibility index (Phi) is 4.56.